The van der Waals surface area contributed by atoms with Crippen LogP contribution in [0.25, 0.3) is 0 Å². The highest BCUT2D eigenvalue weighted by atomic mass is 16.3. The van der Waals surface area contributed by atoms with Crippen LogP contribution in [0.2, 0.25) is 0 Å². The van der Waals surface area contributed by atoms with Gasteiger partial charge in [-0.1, -0.05) is 68.9 Å². The van der Waals surface area contributed by atoms with Gasteiger partial charge in [0.15, 0.2) is 0 Å². The molecule has 0 radical (unpaired) electrons. The smallest absolute Gasteiger partial charge is 0.0834 e. The van der Waals surface area contributed by atoms with E-state index in [2.05, 4.69) is 35.2 Å². The number of hydrogen-bond donors (Lipinski definition) is 1. The number of hydrogen-bond acceptors (Lipinski definition) is 3. The lowest BCUT2D eigenvalue weighted by molar-refractivity contribution is 0.264. The third-order valence-corrected chi connectivity index (χ3v) is 6.51. The fraction of sp³-hybridized carbons (Fsp3) is 0.625. The highest BCUT2D eigenvalue weighted by molar-refractivity contribution is 5.57. The molecule has 0 aromatic heterocycles. The average Bonchev–Trinajstić information content (AvgIpc) is 3.48. The molecule has 2 aromatic rings. The van der Waals surface area contributed by atoms with Gasteiger partial charge in [0.2, 0.25) is 0 Å². The van der Waals surface area contributed by atoms with Crippen molar-refractivity contribution in [2.45, 2.75) is 88.8 Å². The number of nitrogens with zero attached hydrogens (tertiary/aromatic N) is 2. The van der Waals surface area contributed by atoms with Gasteiger partial charge in [0.1, 0.15) is 0 Å². The predicted molar refractivity (Wildman–Crippen MR) is 112 cm³/mol. The summed E-state index contributed by atoms with van der Waals surface area (Å²) in [5.74, 6) is 0. The standard InChI is InChI=1S/C24H34N2O/c27-18-20(16-19-10-4-1-5-11-19)25-23-17-24(23)26(21-12-6-2-7-13-21)22-14-8-3-9-15-22/h1,4-5,10-11,17,20-22,27H,2-3,6-9,12-16,18H2/t20-/m0/s1. The largest absolute Gasteiger partial charge is 0.394 e. The quantitative estimate of drug-likeness (QED) is 0.781. The molecule has 2 aromatic carbocycles. The molecule has 0 spiro atoms. The van der Waals surface area contributed by atoms with Gasteiger partial charge < -0.3 is 10.0 Å². The van der Waals surface area contributed by atoms with Crippen LogP contribution in [0.1, 0.15) is 69.8 Å². The molecule has 0 heterocycles. The van der Waals surface area contributed by atoms with Crippen molar-refractivity contribution in [3.8, 4) is 0 Å². The molecule has 2 saturated carbocycles. The number of anilines is 1. The maximum atomic E-state index is 9.84. The van der Waals surface area contributed by atoms with Crippen molar-refractivity contribution >= 4 is 5.69 Å². The Balaban J connectivity index is 1.50. The number of rotatable bonds is 7. The molecule has 1 atom stereocenters. The second-order valence-electron chi connectivity index (χ2n) is 8.56. The van der Waals surface area contributed by atoms with Gasteiger partial charge >= 0.3 is 0 Å². The third kappa shape index (κ3) is 4.82. The first-order chi connectivity index (χ1) is 13.3. The Morgan fingerprint density at radius 1 is 0.889 bits per heavy atom. The molecular formula is C24H34N2O. The maximum absolute atomic E-state index is 9.84. The van der Waals surface area contributed by atoms with Gasteiger partial charge in [-0.05, 0) is 43.7 Å². The summed E-state index contributed by atoms with van der Waals surface area (Å²) < 4.78 is 0. The molecule has 1 N–H and O–H groups in total. The highest BCUT2D eigenvalue weighted by Crippen LogP contribution is 2.34. The van der Waals surface area contributed by atoms with Crippen LogP contribution in [0.4, 0.5) is 5.69 Å². The third-order valence-electron chi connectivity index (χ3n) is 6.51. The minimum Gasteiger partial charge on any atom is -0.394 e. The fourth-order valence-corrected chi connectivity index (χ4v) is 5.05. The normalized spacial score (nSPS) is 21.6. The van der Waals surface area contributed by atoms with Crippen LogP contribution in [0, 0.1) is 0 Å². The summed E-state index contributed by atoms with van der Waals surface area (Å²) in [6, 6.07) is 14.1. The van der Waals surface area contributed by atoms with E-state index >= 15 is 0 Å². The van der Waals surface area contributed by atoms with Crippen LogP contribution >= 0.6 is 0 Å². The van der Waals surface area contributed by atoms with E-state index in [1.54, 1.807) is 0 Å². The van der Waals surface area contributed by atoms with Crippen LogP contribution in [0.15, 0.2) is 41.4 Å². The van der Waals surface area contributed by atoms with Gasteiger partial charge in [0, 0.05) is 12.1 Å². The van der Waals surface area contributed by atoms with Crippen molar-refractivity contribution in [3.63, 3.8) is 0 Å². The number of aliphatic hydroxyl groups is 1. The average molecular weight is 367 g/mol. The Morgan fingerprint density at radius 2 is 1.48 bits per heavy atom. The fourth-order valence-electron chi connectivity index (χ4n) is 5.05. The van der Waals surface area contributed by atoms with E-state index in [0.717, 1.165) is 11.8 Å². The Bertz CT molecular complexity index is 686. The lowest BCUT2D eigenvalue weighted by Crippen LogP contribution is -2.45. The number of aliphatic hydroxyl groups excluding tert-OH is 1. The van der Waals surface area contributed by atoms with Gasteiger partial charge in [-0.15, -0.1) is 0 Å². The molecule has 3 heteroatoms. The Labute approximate surface area is 163 Å². The summed E-state index contributed by atoms with van der Waals surface area (Å²) in [6.07, 6.45) is 14.5. The van der Waals surface area contributed by atoms with E-state index in [4.69, 9.17) is 4.99 Å². The first kappa shape index (κ1) is 18.7. The second kappa shape index (κ2) is 9.05. The monoisotopic (exact) mass is 366 g/mol. The first-order valence-corrected chi connectivity index (χ1v) is 11.1. The molecule has 2 fully saturated rings. The van der Waals surface area contributed by atoms with E-state index in [1.807, 2.05) is 6.07 Å². The van der Waals surface area contributed by atoms with Gasteiger partial charge in [-0.3, -0.25) is 4.99 Å². The van der Waals surface area contributed by atoms with E-state index < -0.39 is 0 Å². The van der Waals surface area contributed by atoms with Crippen molar-refractivity contribution < 1.29 is 5.11 Å². The minimum atomic E-state index is -0.0317. The molecular weight excluding hydrogens is 332 g/mol. The molecule has 0 unspecified atom stereocenters. The molecule has 0 bridgehead atoms. The van der Waals surface area contributed by atoms with Crippen molar-refractivity contribution in [3.05, 3.63) is 47.3 Å². The van der Waals surface area contributed by atoms with Gasteiger partial charge in [0.25, 0.3) is 0 Å². The molecule has 0 saturated heterocycles. The zero-order valence-corrected chi connectivity index (χ0v) is 16.5. The lowest BCUT2D eigenvalue weighted by Gasteiger charge is -2.41. The molecule has 146 valence electrons. The van der Waals surface area contributed by atoms with Gasteiger partial charge in [-0.2, -0.15) is 0 Å². The maximum Gasteiger partial charge on any atom is 0.0834 e. The summed E-state index contributed by atoms with van der Waals surface area (Å²) in [5.41, 5.74) is 2.64. The highest BCUT2D eigenvalue weighted by Gasteiger charge is 2.32. The molecule has 3 nitrogen and oxygen atoms in total. The lowest BCUT2D eigenvalue weighted by atomic mass is 9.89. The molecule has 2 aliphatic rings. The van der Waals surface area contributed by atoms with E-state index in [0.29, 0.717) is 12.1 Å². The molecule has 4 rings (SSSR count). The van der Waals surface area contributed by atoms with Crippen LogP contribution in [0.5, 0.6) is 0 Å². The van der Waals surface area contributed by atoms with Crippen molar-refractivity contribution in [2.24, 2.45) is 4.99 Å². The van der Waals surface area contributed by atoms with Crippen LogP contribution in [-0.4, -0.2) is 29.8 Å². The molecule has 0 aliphatic heterocycles. The van der Waals surface area contributed by atoms with Crippen molar-refractivity contribution in [1.82, 2.24) is 0 Å². The predicted octanol–water partition coefficient (Wildman–Crippen LogP) is 4.54. The topological polar surface area (TPSA) is 35.8 Å². The van der Waals surface area contributed by atoms with Crippen molar-refractivity contribution in [1.29, 1.82) is 0 Å². The summed E-state index contributed by atoms with van der Waals surface area (Å²) >= 11 is 0. The first-order valence-electron chi connectivity index (χ1n) is 11.1. The van der Waals surface area contributed by atoms with Crippen LogP contribution in [0.3, 0.4) is 0 Å². The zero-order valence-electron chi connectivity index (χ0n) is 16.5. The van der Waals surface area contributed by atoms with Gasteiger partial charge in [0.05, 0.1) is 23.7 Å². The van der Waals surface area contributed by atoms with E-state index in [1.165, 1.54) is 75.5 Å². The molecule has 27 heavy (non-hydrogen) atoms. The van der Waals surface area contributed by atoms with Crippen LogP contribution in [-0.2, 0) is 6.42 Å². The Kier molecular flexibility index (Phi) is 6.28. The Hall–Kier alpha value is -1.61. The molecule has 0 amide bonds. The SMILES string of the molecule is OC[C@H](Cc1ccccc1)N=c1cc1N(C1CCCCC1)C1CCCCC1. The Morgan fingerprint density at radius 3 is 2.04 bits per heavy atom. The summed E-state index contributed by atoms with van der Waals surface area (Å²) in [4.78, 5) is 7.68. The number of benzene rings is 1. The summed E-state index contributed by atoms with van der Waals surface area (Å²) in [6.45, 7) is 0.117. The molecule has 2 aliphatic carbocycles. The minimum absolute atomic E-state index is 0.0317. The summed E-state index contributed by atoms with van der Waals surface area (Å²) in [5, 5.41) is 11.0. The van der Waals surface area contributed by atoms with Crippen molar-refractivity contribution in [2.75, 3.05) is 11.5 Å². The second-order valence-corrected chi connectivity index (χ2v) is 8.56. The van der Waals surface area contributed by atoms with E-state index in [-0.39, 0.29) is 12.6 Å². The van der Waals surface area contributed by atoms with E-state index in [9.17, 15) is 5.11 Å². The zero-order chi connectivity index (χ0) is 18.5. The summed E-state index contributed by atoms with van der Waals surface area (Å²) in [7, 11) is 0. The van der Waals surface area contributed by atoms with Gasteiger partial charge in [-0.25, -0.2) is 0 Å². The van der Waals surface area contributed by atoms with Crippen LogP contribution < -0.4 is 10.3 Å².